The molecule has 0 spiro atoms. The van der Waals surface area contributed by atoms with Crippen molar-refractivity contribution in [1.29, 1.82) is 0 Å². The molecule has 29 heavy (non-hydrogen) atoms. The van der Waals surface area contributed by atoms with Gasteiger partial charge in [-0.2, -0.15) is 10.2 Å². The maximum atomic E-state index is 13.3. The lowest BCUT2D eigenvalue weighted by Crippen LogP contribution is -2.10. The van der Waals surface area contributed by atoms with E-state index in [1.807, 2.05) is 24.6 Å². The summed E-state index contributed by atoms with van der Waals surface area (Å²) in [7, 11) is 0. The van der Waals surface area contributed by atoms with Crippen molar-refractivity contribution < 1.29 is 13.7 Å². The van der Waals surface area contributed by atoms with Crippen LogP contribution in [0.1, 0.15) is 28.7 Å². The van der Waals surface area contributed by atoms with Crippen molar-refractivity contribution in [3.05, 3.63) is 71.8 Å². The molecule has 3 heterocycles. The number of carbonyl (C=O) groups is 1. The van der Waals surface area contributed by atoms with E-state index >= 15 is 0 Å². The number of rotatable bonds is 6. The van der Waals surface area contributed by atoms with Crippen LogP contribution in [0.2, 0.25) is 0 Å². The van der Waals surface area contributed by atoms with E-state index in [9.17, 15) is 9.18 Å². The van der Waals surface area contributed by atoms with Crippen LogP contribution in [0.25, 0.3) is 11.3 Å². The molecule has 4 aromatic rings. The Kier molecular flexibility index (Phi) is 4.94. The number of amides is 1. The van der Waals surface area contributed by atoms with E-state index in [1.54, 1.807) is 29.2 Å². The second-order valence-corrected chi connectivity index (χ2v) is 6.55. The van der Waals surface area contributed by atoms with E-state index in [0.29, 0.717) is 17.9 Å². The number of nitrogens with one attached hydrogen (secondary N) is 1. The monoisotopic (exact) mass is 394 g/mol. The quantitative estimate of drug-likeness (QED) is 0.540. The fraction of sp³-hybridized carbons (Fsp3) is 0.200. The van der Waals surface area contributed by atoms with Crippen LogP contribution in [0.15, 0.2) is 53.4 Å². The van der Waals surface area contributed by atoms with Gasteiger partial charge in [-0.15, -0.1) is 0 Å². The minimum absolute atomic E-state index is 0.0847. The molecule has 0 unspecified atom stereocenters. The number of halogens is 1. The summed E-state index contributed by atoms with van der Waals surface area (Å²) in [6.07, 6.45) is 4.88. The molecule has 148 valence electrons. The molecule has 1 N–H and O–H groups in total. The molecule has 0 fully saturated rings. The third-order valence-corrected chi connectivity index (χ3v) is 4.54. The Balaban J connectivity index is 1.44. The second-order valence-electron chi connectivity index (χ2n) is 6.55. The van der Waals surface area contributed by atoms with Gasteiger partial charge in [0.15, 0.2) is 0 Å². The Labute approximate surface area is 165 Å². The highest BCUT2D eigenvalue weighted by molar-refractivity contribution is 6.02. The van der Waals surface area contributed by atoms with E-state index in [2.05, 4.69) is 20.7 Å². The highest BCUT2D eigenvalue weighted by Crippen LogP contribution is 2.23. The Morgan fingerprint density at radius 2 is 2.10 bits per heavy atom. The van der Waals surface area contributed by atoms with Crippen molar-refractivity contribution in [3.8, 4) is 11.3 Å². The van der Waals surface area contributed by atoms with E-state index < -0.39 is 5.91 Å². The largest absolute Gasteiger partial charge is 0.350 e. The first-order valence-corrected chi connectivity index (χ1v) is 9.11. The third kappa shape index (κ3) is 3.93. The third-order valence-electron chi connectivity index (χ3n) is 4.54. The van der Waals surface area contributed by atoms with Gasteiger partial charge >= 0.3 is 0 Å². The van der Waals surface area contributed by atoms with E-state index in [4.69, 9.17) is 4.52 Å². The molecule has 3 aromatic heterocycles. The van der Waals surface area contributed by atoms with E-state index in [-0.39, 0.29) is 11.6 Å². The fourth-order valence-electron chi connectivity index (χ4n) is 3.06. The van der Waals surface area contributed by atoms with Crippen LogP contribution < -0.4 is 5.32 Å². The summed E-state index contributed by atoms with van der Waals surface area (Å²) in [5.41, 5.74) is 3.59. The molecule has 0 radical (unpaired) electrons. The van der Waals surface area contributed by atoms with Gasteiger partial charge in [-0.3, -0.25) is 14.2 Å². The van der Waals surface area contributed by atoms with Gasteiger partial charge in [0.05, 0.1) is 24.6 Å². The summed E-state index contributed by atoms with van der Waals surface area (Å²) < 4.78 is 22.0. The lowest BCUT2D eigenvalue weighted by atomic mass is 10.2. The number of hydrogen-bond acceptors (Lipinski definition) is 5. The summed E-state index contributed by atoms with van der Waals surface area (Å²) in [5.74, 6) is -0.653. The highest BCUT2D eigenvalue weighted by atomic mass is 19.1. The molecule has 0 saturated heterocycles. The summed E-state index contributed by atoms with van der Waals surface area (Å²) in [6, 6.07) is 7.86. The Bertz CT molecular complexity index is 1160. The number of nitrogens with zero attached hydrogens (tertiary/aromatic N) is 5. The Morgan fingerprint density at radius 1 is 1.24 bits per heavy atom. The summed E-state index contributed by atoms with van der Waals surface area (Å²) in [5, 5.41) is 15.2. The minimum Gasteiger partial charge on any atom is -0.350 e. The van der Waals surface area contributed by atoms with Gasteiger partial charge in [-0.1, -0.05) is 17.3 Å². The van der Waals surface area contributed by atoms with Crippen LogP contribution in [0.3, 0.4) is 0 Å². The maximum absolute atomic E-state index is 13.3. The predicted molar refractivity (Wildman–Crippen MR) is 104 cm³/mol. The molecule has 8 nitrogen and oxygen atoms in total. The van der Waals surface area contributed by atoms with Crippen molar-refractivity contribution in [2.24, 2.45) is 0 Å². The van der Waals surface area contributed by atoms with Crippen LogP contribution in [-0.2, 0) is 13.1 Å². The normalized spacial score (nSPS) is 11.0. The van der Waals surface area contributed by atoms with Crippen molar-refractivity contribution in [2.45, 2.75) is 26.9 Å². The zero-order valence-electron chi connectivity index (χ0n) is 16.0. The Hall–Kier alpha value is -3.75. The van der Waals surface area contributed by atoms with Crippen molar-refractivity contribution in [1.82, 2.24) is 24.7 Å². The molecule has 0 aliphatic carbocycles. The molecule has 0 bridgehead atoms. The molecule has 0 atom stereocenters. The summed E-state index contributed by atoms with van der Waals surface area (Å²) in [4.78, 5) is 12.5. The van der Waals surface area contributed by atoms with Crippen LogP contribution in [0, 0.1) is 12.7 Å². The molecule has 1 amide bonds. The maximum Gasteiger partial charge on any atom is 0.294 e. The van der Waals surface area contributed by atoms with Crippen LogP contribution >= 0.6 is 0 Å². The van der Waals surface area contributed by atoms with Gasteiger partial charge in [0.2, 0.25) is 5.76 Å². The first kappa shape index (κ1) is 18.6. The number of hydrogen-bond donors (Lipinski definition) is 1. The molecule has 9 heteroatoms. The number of benzene rings is 1. The summed E-state index contributed by atoms with van der Waals surface area (Å²) in [6.45, 7) is 5.07. The van der Waals surface area contributed by atoms with Crippen LogP contribution in [-0.4, -0.2) is 30.6 Å². The van der Waals surface area contributed by atoms with E-state index in [0.717, 1.165) is 23.4 Å². The Morgan fingerprint density at radius 3 is 2.86 bits per heavy atom. The molecule has 0 saturated carbocycles. The van der Waals surface area contributed by atoms with Crippen molar-refractivity contribution >= 4 is 11.6 Å². The van der Waals surface area contributed by atoms with Gasteiger partial charge < -0.3 is 9.84 Å². The number of carbonyl (C=O) groups excluding carboxylic acids is 1. The van der Waals surface area contributed by atoms with Gasteiger partial charge in [0.25, 0.3) is 5.91 Å². The SMILES string of the molecule is CCn1ncc(-c2cc(C(=O)Nc3cnn(Cc4cccc(F)c4)c3)on2)c1C. The second kappa shape index (κ2) is 7.70. The van der Waals surface area contributed by atoms with Gasteiger partial charge in [0.1, 0.15) is 11.5 Å². The average molecular weight is 394 g/mol. The lowest BCUT2D eigenvalue weighted by molar-refractivity contribution is 0.0988. The number of aromatic nitrogens is 5. The van der Waals surface area contributed by atoms with Crippen LogP contribution in [0.4, 0.5) is 10.1 Å². The van der Waals surface area contributed by atoms with Crippen molar-refractivity contribution in [2.75, 3.05) is 5.32 Å². The van der Waals surface area contributed by atoms with Gasteiger partial charge in [-0.05, 0) is 31.5 Å². The first-order chi connectivity index (χ1) is 14.0. The zero-order valence-corrected chi connectivity index (χ0v) is 16.0. The molecule has 0 aliphatic heterocycles. The molecule has 4 rings (SSSR count). The smallest absolute Gasteiger partial charge is 0.294 e. The standard InChI is InChI=1S/C20H19FN6O2/c1-3-27-13(2)17(10-23-27)18-8-19(29-25-18)20(28)24-16-9-22-26(12-16)11-14-5-4-6-15(21)7-14/h4-10,12H,3,11H2,1-2H3,(H,24,28). The predicted octanol–water partition coefficient (Wildman–Crippen LogP) is 3.50. The van der Waals surface area contributed by atoms with Gasteiger partial charge in [-0.25, -0.2) is 4.39 Å². The van der Waals surface area contributed by atoms with Crippen molar-refractivity contribution in [3.63, 3.8) is 0 Å². The van der Waals surface area contributed by atoms with Crippen LogP contribution in [0.5, 0.6) is 0 Å². The minimum atomic E-state index is -0.436. The summed E-state index contributed by atoms with van der Waals surface area (Å²) >= 11 is 0. The first-order valence-electron chi connectivity index (χ1n) is 9.11. The molecular weight excluding hydrogens is 375 g/mol. The molecule has 0 aliphatic rings. The zero-order chi connectivity index (χ0) is 20.4. The average Bonchev–Trinajstić information content (AvgIpc) is 3.42. The topological polar surface area (TPSA) is 90.8 Å². The van der Waals surface area contributed by atoms with Gasteiger partial charge in [0, 0.05) is 30.1 Å². The molecule has 1 aromatic carbocycles. The van der Waals surface area contributed by atoms with E-state index in [1.165, 1.54) is 18.3 Å². The highest BCUT2D eigenvalue weighted by Gasteiger charge is 2.17. The lowest BCUT2D eigenvalue weighted by Gasteiger charge is -2.01. The fourth-order valence-corrected chi connectivity index (χ4v) is 3.06. The number of anilines is 1. The number of aryl methyl sites for hydroxylation is 1. The molecular formula is C20H19FN6O2.